The summed E-state index contributed by atoms with van der Waals surface area (Å²) in [6.45, 7) is 4.00. The first kappa shape index (κ1) is 13.8. The van der Waals surface area contributed by atoms with E-state index in [9.17, 15) is 4.79 Å². The Kier molecular flexibility index (Phi) is 7.46. The predicted octanol–water partition coefficient (Wildman–Crippen LogP) is 3.10. The molecule has 0 aliphatic rings. The maximum atomic E-state index is 10.8. The number of rotatable bonds is 0. The summed E-state index contributed by atoms with van der Waals surface area (Å²) < 4.78 is 0. The Labute approximate surface area is 95.8 Å². The second-order valence-electron chi connectivity index (χ2n) is 2.41. The minimum atomic E-state index is -0.0521. The van der Waals surface area contributed by atoms with Crippen LogP contribution in [0, 0.1) is 0 Å². The number of benzene rings is 1. The first-order valence-corrected chi connectivity index (χ1v) is 5.78. The van der Waals surface area contributed by atoms with Gasteiger partial charge in [0.25, 0.3) is 0 Å². The van der Waals surface area contributed by atoms with Gasteiger partial charge in [0.15, 0.2) is 0 Å². The molecule has 82 valence electrons. The average Bonchev–Trinajstić information content (AvgIpc) is 2.34. The molecule has 0 unspecified atom stereocenters. The molecule has 15 heavy (non-hydrogen) atoms. The molecule has 0 radical (unpaired) electrons. The van der Waals surface area contributed by atoms with Crippen molar-refractivity contribution in [2.75, 3.05) is 6.26 Å². The third-order valence-corrected chi connectivity index (χ3v) is 1.63. The van der Waals surface area contributed by atoms with Gasteiger partial charge in [-0.1, -0.05) is 32.0 Å². The average molecular weight is 223 g/mol. The lowest BCUT2D eigenvalue weighted by atomic mass is 10.2. The monoisotopic (exact) mass is 223 g/mol. The van der Waals surface area contributed by atoms with Crippen molar-refractivity contribution in [3.8, 4) is 0 Å². The summed E-state index contributed by atoms with van der Waals surface area (Å²) in [6, 6.07) is 11.0. The maximum Gasteiger partial charge on any atom is 0.248 e. The number of hydrogen-bond acceptors (Lipinski definition) is 2. The molecule has 0 amide bonds. The number of pyridine rings is 1. The van der Waals surface area contributed by atoms with E-state index in [1.54, 1.807) is 6.26 Å². The van der Waals surface area contributed by atoms with Gasteiger partial charge >= 0.3 is 0 Å². The quantitative estimate of drug-likeness (QED) is 0.661. The van der Waals surface area contributed by atoms with Crippen molar-refractivity contribution in [1.29, 1.82) is 0 Å². The Morgan fingerprint density at radius 2 is 1.60 bits per heavy atom. The molecule has 1 heterocycles. The molecule has 0 atom stereocenters. The van der Waals surface area contributed by atoms with Gasteiger partial charge in [0.1, 0.15) is 0 Å². The van der Waals surface area contributed by atoms with Crippen molar-refractivity contribution >= 4 is 23.5 Å². The molecule has 2 nitrogen and oxygen atoms in total. The Morgan fingerprint density at radius 1 is 1.00 bits per heavy atom. The zero-order valence-corrected chi connectivity index (χ0v) is 10.2. The molecule has 1 aromatic heterocycles. The van der Waals surface area contributed by atoms with Crippen LogP contribution in [0.3, 0.4) is 0 Å². The standard InChI is InChI=1S/C9H7NO.C2H6.CH4S/c11-9-6-5-7-3-1-2-4-8(7)10-9;2*1-2/h1-6H,(H,10,11);1-2H3;2H,1H3. The van der Waals surface area contributed by atoms with E-state index in [4.69, 9.17) is 0 Å². The van der Waals surface area contributed by atoms with Crippen LogP contribution in [0.1, 0.15) is 13.8 Å². The van der Waals surface area contributed by atoms with E-state index in [1.165, 1.54) is 6.07 Å². The number of aromatic amines is 1. The van der Waals surface area contributed by atoms with E-state index < -0.39 is 0 Å². The highest BCUT2D eigenvalue weighted by atomic mass is 32.1. The van der Waals surface area contributed by atoms with Gasteiger partial charge in [0, 0.05) is 11.6 Å². The van der Waals surface area contributed by atoms with Gasteiger partial charge in [-0.15, -0.1) is 0 Å². The van der Waals surface area contributed by atoms with Gasteiger partial charge in [-0.05, 0) is 23.8 Å². The fourth-order valence-corrected chi connectivity index (χ4v) is 1.10. The smallest absolute Gasteiger partial charge is 0.248 e. The lowest BCUT2D eigenvalue weighted by molar-refractivity contribution is 1.31. The molecule has 0 aliphatic heterocycles. The van der Waals surface area contributed by atoms with Crippen LogP contribution in [0.2, 0.25) is 0 Å². The van der Waals surface area contributed by atoms with Crippen LogP contribution in [-0.2, 0) is 0 Å². The van der Waals surface area contributed by atoms with Crippen LogP contribution < -0.4 is 5.56 Å². The highest BCUT2D eigenvalue weighted by molar-refractivity contribution is 7.79. The first-order valence-electron chi connectivity index (χ1n) is 4.89. The summed E-state index contributed by atoms with van der Waals surface area (Å²) >= 11 is 3.53. The van der Waals surface area contributed by atoms with Crippen LogP contribution in [0.4, 0.5) is 0 Å². The predicted molar refractivity (Wildman–Crippen MR) is 70.8 cm³/mol. The van der Waals surface area contributed by atoms with Gasteiger partial charge in [-0.3, -0.25) is 4.79 Å². The summed E-state index contributed by atoms with van der Waals surface area (Å²) in [6.07, 6.45) is 1.69. The molecule has 2 aromatic rings. The maximum absolute atomic E-state index is 10.8. The molecule has 0 saturated carbocycles. The van der Waals surface area contributed by atoms with E-state index >= 15 is 0 Å². The second-order valence-corrected chi connectivity index (χ2v) is 2.41. The number of nitrogens with one attached hydrogen (secondary N) is 1. The van der Waals surface area contributed by atoms with E-state index in [1.807, 2.05) is 44.2 Å². The molecule has 0 spiro atoms. The van der Waals surface area contributed by atoms with Crippen LogP contribution in [0.5, 0.6) is 0 Å². The van der Waals surface area contributed by atoms with Gasteiger partial charge in [0.05, 0.1) is 0 Å². The summed E-state index contributed by atoms with van der Waals surface area (Å²) in [4.78, 5) is 13.6. The van der Waals surface area contributed by atoms with Crippen LogP contribution >= 0.6 is 12.6 Å². The van der Waals surface area contributed by atoms with E-state index in [-0.39, 0.29) is 5.56 Å². The van der Waals surface area contributed by atoms with E-state index in [0.29, 0.717) is 0 Å². The number of H-pyrrole nitrogens is 1. The van der Waals surface area contributed by atoms with Gasteiger partial charge in [-0.25, -0.2) is 0 Å². The molecule has 0 aliphatic carbocycles. The molecule has 0 bridgehead atoms. The molecule has 3 heteroatoms. The Balaban J connectivity index is 0.000000442. The Bertz CT molecular complexity index is 437. The van der Waals surface area contributed by atoms with Crippen molar-refractivity contribution in [1.82, 2.24) is 4.98 Å². The number of fused-ring (bicyclic) bond motifs is 1. The lowest BCUT2D eigenvalue weighted by Gasteiger charge is -1.93. The summed E-state index contributed by atoms with van der Waals surface area (Å²) in [7, 11) is 0. The second kappa shape index (κ2) is 8.12. The zero-order valence-electron chi connectivity index (χ0n) is 9.32. The number of thiol groups is 1. The van der Waals surface area contributed by atoms with Crippen molar-refractivity contribution < 1.29 is 0 Å². The molecule has 0 saturated heterocycles. The molecule has 1 N–H and O–H groups in total. The number of hydrogen-bond donors (Lipinski definition) is 2. The minimum Gasteiger partial charge on any atom is -0.322 e. The SMILES string of the molecule is CC.CS.O=c1ccc2ccccc2[nH]1. The van der Waals surface area contributed by atoms with Crippen molar-refractivity contribution in [2.24, 2.45) is 0 Å². The van der Waals surface area contributed by atoms with E-state index in [0.717, 1.165) is 10.9 Å². The normalized spacial score (nSPS) is 8.27. The summed E-state index contributed by atoms with van der Waals surface area (Å²) in [5, 5.41) is 1.06. The lowest BCUT2D eigenvalue weighted by Crippen LogP contribution is -2.01. The topological polar surface area (TPSA) is 32.9 Å². The summed E-state index contributed by atoms with van der Waals surface area (Å²) in [5.41, 5.74) is 0.837. The minimum absolute atomic E-state index is 0.0521. The molecule has 1 aromatic carbocycles. The zero-order chi connectivity index (χ0) is 11.7. The van der Waals surface area contributed by atoms with Gasteiger partial charge in [-0.2, -0.15) is 12.6 Å². The fraction of sp³-hybridized carbons (Fsp3) is 0.250. The highest BCUT2D eigenvalue weighted by Gasteiger charge is 1.89. The van der Waals surface area contributed by atoms with Gasteiger partial charge < -0.3 is 4.98 Å². The summed E-state index contributed by atoms with van der Waals surface area (Å²) in [5.74, 6) is 0. The largest absolute Gasteiger partial charge is 0.322 e. The van der Waals surface area contributed by atoms with Crippen LogP contribution in [0.15, 0.2) is 41.2 Å². The third-order valence-electron chi connectivity index (χ3n) is 1.63. The van der Waals surface area contributed by atoms with Crippen molar-refractivity contribution in [3.63, 3.8) is 0 Å². The molecule has 2 rings (SSSR count). The Hall–Kier alpha value is -1.22. The van der Waals surface area contributed by atoms with Gasteiger partial charge in [0.2, 0.25) is 5.56 Å². The first-order chi connectivity index (χ1) is 7.36. The van der Waals surface area contributed by atoms with E-state index in [2.05, 4.69) is 17.6 Å². The molecular weight excluding hydrogens is 206 g/mol. The Morgan fingerprint density at radius 3 is 2.27 bits per heavy atom. The van der Waals surface area contributed by atoms with Crippen LogP contribution in [-0.4, -0.2) is 11.2 Å². The molecular formula is C12H17NOS. The van der Waals surface area contributed by atoms with Crippen molar-refractivity contribution in [2.45, 2.75) is 13.8 Å². The highest BCUT2D eigenvalue weighted by Crippen LogP contribution is 2.06. The number of aromatic nitrogens is 1. The van der Waals surface area contributed by atoms with Crippen LogP contribution in [0.25, 0.3) is 10.9 Å². The fourth-order valence-electron chi connectivity index (χ4n) is 1.10. The third kappa shape index (κ3) is 4.21. The van der Waals surface area contributed by atoms with Crippen molar-refractivity contribution in [3.05, 3.63) is 46.8 Å². The molecule has 0 fully saturated rings. The number of para-hydroxylation sites is 1.